The van der Waals surface area contributed by atoms with Gasteiger partial charge in [-0.15, -0.1) is 0 Å². The van der Waals surface area contributed by atoms with Crippen LogP contribution in [-0.2, 0) is 4.79 Å². The number of rotatable bonds is 5. The van der Waals surface area contributed by atoms with E-state index in [4.69, 9.17) is 0 Å². The summed E-state index contributed by atoms with van der Waals surface area (Å²) in [7, 11) is 0. The standard InChI is InChI=1S/C28H36F2N6O4/c1-28(2,40)16-35-15-17(19-5-3-6-20(29)23(19)30)8-9-21(25(35)37)32-26(38)34-13-10-18(11-14-34)36-22-7-4-12-31-24(22)33-27(36)39/h3-7,17-18,21,31,40H,8-16H2,1-2H3,(H,32,38)(H,33,39)/t17-,21-/m1/s1. The molecule has 5 rings (SSSR count). The zero-order valence-corrected chi connectivity index (χ0v) is 22.8. The number of carbonyl (C=O) groups excluding carboxylic acids is 2. The first-order valence-electron chi connectivity index (χ1n) is 13.8. The van der Waals surface area contributed by atoms with Crippen molar-refractivity contribution in [1.29, 1.82) is 0 Å². The van der Waals surface area contributed by atoms with Crippen molar-refractivity contribution >= 4 is 23.8 Å². The third kappa shape index (κ3) is 5.77. The van der Waals surface area contributed by atoms with Gasteiger partial charge in [-0.05, 0) is 57.2 Å². The van der Waals surface area contributed by atoms with Crippen molar-refractivity contribution < 1.29 is 23.5 Å². The van der Waals surface area contributed by atoms with Gasteiger partial charge in [-0.3, -0.25) is 14.3 Å². The van der Waals surface area contributed by atoms with Crippen LogP contribution in [0.2, 0.25) is 0 Å². The number of amides is 3. The molecule has 0 unspecified atom stereocenters. The summed E-state index contributed by atoms with van der Waals surface area (Å²) in [6.07, 6.45) is 5.63. The molecule has 2 fully saturated rings. The molecule has 40 heavy (non-hydrogen) atoms. The number of piperidine rings is 1. The number of H-pyrrole nitrogens is 1. The predicted molar refractivity (Wildman–Crippen MR) is 146 cm³/mol. The number of halogens is 2. The van der Waals surface area contributed by atoms with E-state index >= 15 is 0 Å². The number of benzene rings is 1. The molecule has 0 radical (unpaired) electrons. The maximum absolute atomic E-state index is 14.6. The van der Waals surface area contributed by atoms with E-state index in [1.165, 1.54) is 17.0 Å². The van der Waals surface area contributed by atoms with Crippen LogP contribution in [0.1, 0.15) is 62.7 Å². The maximum atomic E-state index is 14.6. The number of imidazole rings is 1. The highest BCUT2D eigenvalue weighted by atomic mass is 19.2. The second-order valence-corrected chi connectivity index (χ2v) is 11.5. The van der Waals surface area contributed by atoms with E-state index in [1.807, 2.05) is 12.2 Å². The monoisotopic (exact) mass is 558 g/mol. The van der Waals surface area contributed by atoms with Crippen LogP contribution in [-0.4, -0.2) is 80.8 Å². The number of β-amino-alcohol motifs (C(OH)–C–C–N with tert-alkyl or cyclic N) is 1. The zero-order valence-electron chi connectivity index (χ0n) is 22.8. The maximum Gasteiger partial charge on any atom is 0.327 e. The third-order valence-corrected chi connectivity index (χ3v) is 7.91. The van der Waals surface area contributed by atoms with Crippen molar-refractivity contribution in [2.24, 2.45) is 0 Å². The van der Waals surface area contributed by atoms with Crippen molar-refractivity contribution in [3.63, 3.8) is 0 Å². The Labute approximate surface area is 231 Å². The lowest BCUT2D eigenvalue weighted by Gasteiger charge is -2.35. The van der Waals surface area contributed by atoms with Gasteiger partial charge in [0.1, 0.15) is 11.9 Å². The molecule has 0 saturated carbocycles. The Kier molecular flexibility index (Phi) is 7.72. The van der Waals surface area contributed by atoms with Gasteiger partial charge in [-0.25, -0.2) is 18.4 Å². The van der Waals surface area contributed by atoms with Gasteiger partial charge >= 0.3 is 11.7 Å². The van der Waals surface area contributed by atoms with Crippen LogP contribution in [0.5, 0.6) is 0 Å². The van der Waals surface area contributed by atoms with E-state index in [9.17, 15) is 28.3 Å². The van der Waals surface area contributed by atoms with Crippen LogP contribution >= 0.6 is 0 Å². The number of hydrogen-bond donors (Lipinski definition) is 4. The van der Waals surface area contributed by atoms with Gasteiger partial charge in [-0.1, -0.05) is 18.2 Å². The fourth-order valence-electron chi connectivity index (χ4n) is 6.01. The first-order chi connectivity index (χ1) is 19.0. The van der Waals surface area contributed by atoms with Gasteiger partial charge in [0, 0.05) is 44.7 Å². The predicted octanol–water partition coefficient (Wildman–Crippen LogP) is 2.79. The molecule has 0 spiro atoms. The molecule has 12 heteroatoms. The molecule has 1 aromatic heterocycles. The lowest BCUT2D eigenvalue weighted by molar-refractivity contribution is -0.135. The third-order valence-electron chi connectivity index (χ3n) is 7.91. The van der Waals surface area contributed by atoms with Gasteiger partial charge < -0.3 is 25.5 Å². The van der Waals surface area contributed by atoms with Crippen molar-refractivity contribution in [2.75, 3.05) is 38.0 Å². The Morgan fingerprint density at radius 1 is 1.15 bits per heavy atom. The number of nitrogens with one attached hydrogen (secondary N) is 3. The first-order valence-corrected chi connectivity index (χ1v) is 13.8. The summed E-state index contributed by atoms with van der Waals surface area (Å²) in [6.45, 7) is 4.68. The molecule has 2 atom stereocenters. The molecule has 2 saturated heterocycles. The van der Waals surface area contributed by atoms with Crippen molar-refractivity contribution in [1.82, 2.24) is 24.7 Å². The van der Waals surface area contributed by atoms with Gasteiger partial charge in [-0.2, -0.15) is 0 Å². The van der Waals surface area contributed by atoms with E-state index in [2.05, 4.69) is 15.6 Å². The topological polar surface area (TPSA) is 123 Å². The number of urea groups is 1. The molecule has 4 N–H and O–H groups in total. The van der Waals surface area contributed by atoms with E-state index in [1.54, 1.807) is 23.3 Å². The van der Waals surface area contributed by atoms with Crippen LogP contribution in [0, 0.1) is 11.6 Å². The lowest BCUT2D eigenvalue weighted by atomic mass is 9.93. The molecule has 4 heterocycles. The fraction of sp³-hybridized carbons (Fsp3) is 0.536. The number of aromatic amines is 1. The van der Waals surface area contributed by atoms with Crippen LogP contribution in [0.4, 0.5) is 19.4 Å². The second kappa shape index (κ2) is 11.1. The summed E-state index contributed by atoms with van der Waals surface area (Å²) in [6, 6.07) is 2.68. The van der Waals surface area contributed by atoms with E-state index < -0.39 is 29.2 Å². The van der Waals surface area contributed by atoms with Crippen LogP contribution < -0.4 is 16.3 Å². The number of anilines is 1. The summed E-state index contributed by atoms with van der Waals surface area (Å²) in [5.41, 5.74) is -0.428. The highest BCUT2D eigenvalue weighted by molar-refractivity contribution is 5.87. The summed E-state index contributed by atoms with van der Waals surface area (Å²) >= 11 is 0. The van der Waals surface area contributed by atoms with Gasteiger partial charge in [0.2, 0.25) is 5.91 Å². The number of carbonyl (C=O) groups is 2. The minimum absolute atomic E-state index is 0.0178. The Morgan fingerprint density at radius 2 is 1.90 bits per heavy atom. The van der Waals surface area contributed by atoms with Gasteiger partial charge in [0.05, 0.1) is 11.3 Å². The molecule has 3 aliphatic rings. The summed E-state index contributed by atoms with van der Waals surface area (Å²) in [5.74, 6) is -2.05. The number of fused-ring (bicyclic) bond motifs is 1. The van der Waals surface area contributed by atoms with Crippen LogP contribution in [0.15, 0.2) is 29.1 Å². The first kappa shape index (κ1) is 27.9. The number of aliphatic hydroxyl groups is 1. The van der Waals surface area contributed by atoms with E-state index in [-0.39, 0.29) is 48.7 Å². The number of aromatic nitrogens is 2. The SMILES string of the molecule is CC(C)(O)CN1C[C@H](c2cccc(F)c2F)CC[C@@H](NC(=O)N2CCC(n3c4c([nH]c3=O)NCC=C4)CC2)C1=O. The smallest absolute Gasteiger partial charge is 0.327 e. The van der Waals surface area contributed by atoms with E-state index in [0.29, 0.717) is 44.7 Å². The molecule has 3 amide bonds. The summed E-state index contributed by atoms with van der Waals surface area (Å²) in [4.78, 5) is 45.3. The minimum Gasteiger partial charge on any atom is -0.389 e. The molecule has 216 valence electrons. The zero-order chi connectivity index (χ0) is 28.6. The highest BCUT2D eigenvalue weighted by Gasteiger charge is 2.37. The molecule has 0 bridgehead atoms. The molecule has 3 aliphatic heterocycles. The molecule has 10 nitrogen and oxygen atoms in total. The average molecular weight is 559 g/mol. The number of likely N-dealkylation sites (tertiary alicyclic amines) is 2. The summed E-state index contributed by atoms with van der Waals surface area (Å²) < 4.78 is 30.4. The molecular weight excluding hydrogens is 522 g/mol. The van der Waals surface area contributed by atoms with Crippen molar-refractivity contribution in [3.8, 4) is 0 Å². The molecular formula is C28H36F2N6O4. The van der Waals surface area contributed by atoms with Gasteiger partial charge in [0.15, 0.2) is 11.6 Å². The van der Waals surface area contributed by atoms with Crippen molar-refractivity contribution in [3.05, 3.63) is 57.7 Å². The van der Waals surface area contributed by atoms with Crippen molar-refractivity contribution in [2.45, 2.75) is 63.1 Å². The molecule has 1 aromatic carbocycles. The van der Waals surface area contributed by atoms with Crippen LogP contribution in [0.25, 0.3) is 6.08 Å². The second-order valence-electron chi connectivity index (χ2n) is 11.5. The number of nitrogens with zero attached hydrogens (tertiary/aromatic N) is 3. The van der Waals surface area contributed by atoms with Crippen LogP contribution in [0.3, 0.4) is 0 Å². The summed E-state index contributed by atoms with van der Waals surface area (Å²) in [5, 5.41) is 16.5. The highest BCUT2D eigenvalue weighted by Crippen LogP contribution is 2.31. The average Bonchev–Trinajstić information content (AvgIpc) is 3.18. The Bertz CT molecular complexity index is 1360. The number of hydrogen-bond acceptors (Lipinski definition) is 5. The Balaban J connectivity index is 1.27. The normalized spacial score (nSPS) is 22.1. The minimum atomic E-state index is -1.22. The largest absolute Gasteiger partial charge is 0.389 e. The Hall–Kier alpha value is -3.67. The quantitative estimate of drug-likeness (QED) is 0.450. The molecule has 0 aliphatic carbocycles. The lowest BCUT2D eigenvalue weighted by Crippen LogP contribution is -2.54. The van der Waals surface area contributed by atoms with E-state index in [0.717, 1.165) is 11.8 Å². The molecule has 2 aromatic rings. The Morgan fingerprint density at radius 3 is 2.62 bits per heavy atom. The van der Waals surface area contributed by atoms with Gasteiger partial charge in [0.25, 0.3) is 0 Å². The fourth-order valence-corrected chi connectivity index (χ4v) is 6.01.